The Hall–Kier alpha value is -3.78. The molecule has 0 saturated heterocycles. The fourth-order valence-electron chi connectivity index (χ4n) is 6.07. The number of anilines is 4. The Balaban J connectivity index is 0.000000152. The maximum Gasteiger partial charge on any atom is 0.264 e. The third-order valence-corrected chi connectivity index (χ3v) is 21.7. The van der Waals surface area contributed by atoms with E-state index in [0.717, 1.165) is 50.8 Å². The van der Waals surface area contributed by atoms with E-state index in [0.29, 0.717) is 36.8 Å². The number of hydrogen-bond donors (Lipinski definition) is 4. The standard InChI is InChI=1S/C10H13NO3S2.C10H13NO2S2.C8H10N2O3S2.C8H10N2O2S2/c1-5-6(2)15-10-8(5)9(12)7(3)16(13,14)11(10)4;1-5-6(2)14-10-8(5)9(12)7(3)15(13)11(10)4;1-4-7(11)6-8(14-5(2)9-6)10(3)15(4,12)13;1-4-7(11)6-8(10(3)14(4)12)13-5(2)9-6/h12H,1-4H3;12H,1-4H3;11H,1-3H3;11H,1-3H3. The average Bonchev–Trinajstić information content (AvgIpc) is 3.95. The quantitative estimate of drug-likeness (QED) is 0.130. The van der Waals surface area contributed by atoms with E-state index in [4.69, 9.17) is 0 Å². The van der Waals surface area contributed by atoms with Crippen LogP contribution in [0.3, 0.4) is 0 Å². The molecule has 0 amide bonds. The molecule has 4 N–H and O–H groups in total. The number of aliphatic hydroxyl groups excluding tert-OH is 4. The Kier molecular flexibility index (Phi) is 13.3. The summed E-state index contributed by atoms with van der Waals surface area (Å²) in [7, 11) is -3.10. The van der Waals surface area contributed by atoms with Crippen LogP contribution >= 0.6 is 45.3 Å². The van der Waals surface area contributed by atoms with Crippen LogP contribution in [0, 0.1) is 41.5 Å². The van der Waals surface area contributed by atoms with Gasteiger partial charge in [-0.2, -0.15) is 0 Å². The van der Waals surface area contributed by atoms with E-state index in [1.54, 1.807) is 54.8 Å². The SMILES string of the molecule is CC1=C(O)c2c(sc(C)c2C)N(C)S1(=O)=O.CC1=C(O)c2c(sc(C)c2C)N(C)S1=O.CC1=C(O)c2nc(C)sc2N(C)S1(=O)=O.CC1=C(O)c2nc(C)sc2N(C)S1=O. The lowest BCUT2D eigenvalue weighted by Crippen LogP contribution is -2.30. The van der Waals surface area contributed by atoms with Gasteiger partial charge in [-0.25, -0.2) is 35.2 Å². The summed E-state index contributed by atoms with van der Waals surface area (Å²) in [6.45, 7) is 17.6. The number of sulfonamides is 2. The van der Waals surface area contributed by atoms with E-state index >= 15 is 0 Å². The van der Waals surface area contributed by atoms with Crippen molar-refractivity contribution < 1.29 is 45.7 Å². The molecule has 60 heavy (non-hydrogen) atoms. The van der Waals surface area contributed by atoms with Gasteiger partial charge in [-0.05, 0) is 80.4 Å². The number of aliphatic hydroxyl groups is 4. The fraction of sp³-hybridized carbons (Fsp3) is 0.389. The van der Waals surface area contributed by atoms with Crippen molar-refractivity contribution in [2.75, 3.05) is 45.4 Å². The van der Waals surface area contributed by atoms with Gasteiger partial charge in [-0.15, -0.1) is 45.3 Å². The molecule has 8 heterocycles. The molecule has 4 aliphatic heterocycles. The summed E-state index contributed by atoms with van der Waals surface area (Å²) >= 11 is 5.64. The smallest absolute Gasteiger partial charge is 0.264 e. The second-order valence-corrected chi connectivity index (χ2v) is 26.1. The predicted octanol–water partition coefficient (Wildman–Crippen LogP) is 8.41. The van der Waals surface area contributed by atoms with Crippen molar-refractivity contribution in [3.05, 3.63) is 73.0 Å². The largest absolute Gasteiger partial charge is 0.506 e. The molecule has 0 aromatic carbocycles. The Morgan fingerprint density at radius 2 is 0.850 bits per heavy atom. The minimum Gasteiger partial charge on any atom is -0.506 e. The van der Waals surface area contributed by atoms with Gasteiger partial charge in [0.1, 0.15) is 52.7 Å². The van der Waals surface area contributed by atoms with Gasteiger partial charge < -0.3 is 20.4 Å². The molecule has 4 aliphatic rings. The number of thiophene rings is 2. The summed E-state index contributed by atoms with van der Waals surface area (Å²) in [4.78, 5) is 11.4. The highest BCUT2D eigenvalue weighted by atomic mass is 32.2. The summed E-state index contributed by atoms with van der Waals surface area (Å²) in [6, 6.07) is 0. The van der Waals surface area contributed by atoms with Crippen LogP contribution in [-0.2, 0) is 42.0 Å². The van der Waals surface area contributed by atoms with Crippen molar-refractivity contribution in [3.63, 3.8) is 0 Å². The Labute approximate surface area is 371 Å². The summed E-state index contributed by atoms with van der Waals surface area (Å²) in [5.74, 6) is -0.119. The fourth-order valence-corrected chi connectivity index (χ4v) is 15.1. The summed E-state index contributed by atoms with van der Waals surface area (Å²) in [5.41, 5.74) is 4.42. The number of allylic oxidation sites excluding steroid dienone is 4. The molecular weight excluding hydrogens is 933 g/mol. The van der Waals surface area contributed by atoms with E-state index in [1.165, 1.54) is 66.3 Å². The van der Waals surface area contributed by atoms with Gasteiger partial charge in [-0.1, -0.05) is 0 Å². The van der Waals surface area contributed by atoms with E-state index in [9.17, 15) is 45.7 Å². The van der Waals surface area contributed by atoms with Crippen molar-refractivity contribution in [3.8, 4) is 0 Å². The second kappa shape index (κ2) is 16.8. The maximum absolute atomic E-state index is 11.9. The van der Waals surface area contributed by atoms with Crippen LogP contribution in [-0.4, -0.2) is 83.8 Å². The number of thiazole rings is 2. The monoisotopic (exact) mass is 978 g/mol. The molecule has 8 rings (SSSR count). The molecule has 0 radical (unpaired) electrons. The van der Waals surface area contributed by atoms with Gasteiger partial charge >= 0.3 is 0 Å². The molecule has 0 bridgehead atoms. The molecule has 0 fully saturated rings. The molecule has 24 heteroatoms. The topological polar surface area (TPSA) is 222 Å². The molecular formula is C36H46N6O10S8. The van der Waals surface area contributed by atoms with Crippen LogP contribution in [0.25, 0.3) is 23.0 Å². The van der Waals surface area contributed by atoms with Gasteiger partial charge in [0.25, 0.3) is 20.0 Å². The van der Waals surface area contributed by atoms with Gasteiger partial charge in [-0.3, -0.25) is 17.2 Å². The molecule has 4 aromatic heterocycles. The third kappa shape index (κ3) is 7.81. The molecule has 0 spiro atoms. The number of rotatable bonds is 0. The number of fused-ring (bicyclic) bond motifs is 4. The second-order valence-electron chi connectivity index (χ2n) is 13.8. The number of aromatic nitrogens is 2. The highest BCUT2D eigenvalue weighted by Crippen LogP contribution is 2.46. The van der Waals surface area contributed by atoms with E-state index in [1.807, 2.05) is 34.6 Å². The molecule has 0 aliphatic carbocycles. The van der Waals surface area contributed by atoms with Gasteiger partial charge in [0.2, 0.25) is 0 Å². The Bertz CT molecular complexity index is 2860. The lowest BCUT2D eigenvalue weighted by Gasteiger charge is -2.25. The van der Waals surface area contributed by atoms with Crippen molar-refractivity contribution in [2.24, 2.45) is 0 Å². The number of nitrogens with zero attached hydrogens (tertiary/aromatic N) is 6. The van der Waals surface area contributed by atoms with Crippen LogP contribution in [0.15, 0.2) is 19.6 Å². The van der Waals surface area contributed by atoms with Crippen molar-refractivity contribution in [1.29, 1.82) is 0 Å². The van der Waals surface area contributed by atoms with Crippen LogP contribution in [0.4, 0.5) is 20.0 Å². The van der Waals surface area contributed by atoms with Crippen molar-refractivity contribution >= 4 is 130 Å². The van der Waals surface area contributed by atoms with Crippen LogP contribution in [0.1, 0.15) is 81.1 Å². The van der Waals surface area contributed by atoms with Crippen LogP contribution in [0.2, 0.25) is 0 Å². The lowest BCUT2D eigenvalue weighted by molar-refractivity contribution is 0.503. The number of aryl methyl sites for hydroxylation is 4. The zero-order valence-electron chi connectivity index (χ0n) is 35.2. The lowest BCUT2D eigenvalue weighted by atomic mass is 10.1. The average molecular weight is 979 g/mol. The Morgan fingerprint density at radius 3 is 1.35 bits per heavy atom. The third-order valence-electron chi connectivity index (χ3n) is 10.1. The van der Waals surface area contributed by atoms with E-state index < -0.39 is 42.0 Å². The van der Waals surface area contributed by atoms with Crippen molar-refractivity contribution in [2.45, 2.75) is 69.2 Å². The molecule has 2 atom stereocenters. The van der Waals surface area contributed by atoms with Gasteiger partial charge in [0.15, 0.2) is 33.5 Å². The number of hydrogen-bond acceptors (Lipinski definition) is 16. The first-order valence-corrected chi connectivity index (χ1v) is 26.0. The molecule has 2 unspecified atom stereocenters. The first-order chi connectivity index (χ1) is 27.6. The molecule has 328 valence electrons. The highest BCUT2D eigenvalue weighted by molar-refractivity contribution is 7.97. The van der Waals surface area contributed by atoms with Crippen LogP contribution < -0.4 is 17.2 Å². The van der Waals surface area contributed by atoms with Crippen molar-refractivity contribution in [1.82, 2.24) is 9.97 Å². The van der Waals surface area contributed by atoms with E-state index in [-0.39, 0.29) is 32.8 Å². The molecule has 4 aromatic rings. The first-order valence-electron chi connectivity index (χ1n) is 17.7. The summed E-state index contributed by atoms with van der Waals surface area (Å²) in [5, 5.41) is 43.7. The summed E-state index contributed by atoms with van der Waals surface area (Å²) in [6.07, 6.45) is 0. The zero-order chi connectivity index (χ0) is 45.4. The molecule has 0 saturated carbocycles. The van der Waals surface area contributed by atoms with E-state index in [2.05, 4.69) is 9.97 Å². The minimum absolute atomic E-state index is 0.0170. The summed E-state index contributed by atoms with van der Waals surface area (Å²) < 4.78 is 76.7. The van der Waals surface area contributed by atoms with Crippen LogP contribution in [0.5, 0.6) is 0 Å². The first kappa shape index (κ1) is 47.3. The zero-order valence-corrected chi connectivity index (χ0v) is 41.7. The normalized spacial score (nSPS) is 20.0. The highest BCUT2D eigenvalue weighted by Gasteiger charge is 2.37. The predicted molar refractivity (Wildman–Crippen MR) is 250 cm³/mol. The maximum atomic E-state index is 11.9. The Morgan fingerprint density at radius 1 is 0.483 bits per heavy atom. The van der Waals surface area contributed by atoms with Gasteiger partial charge in [0.05, 0.1) is 31.0 Å². The molecule has 16 nitrogen and oxygen atoms in total. The minimum atomic E-state index is -3.56. The van der Waals surface area contributed by atoms with Gasteiger partial charge in [0, 0.05) is 37.9 Å².